The average molecular weight is 372 g/mol. The lowest BCUT2D eigenvalue weighted by Crippen LogP contribution is -2.54. The third-order valence-corrected chi connectivity index (χ3v) is 5.81. The Morgan fingerprint density at radius 2 is 1.89 bits per heavy atom. The lowest BCUT2D eigenvalue weighted by atomic mass is 9.88. The molecule has 0 saturated carbocycles. The topological polar surface area (TPSA) is 74.9 Å². The Bertz CT molecular complexity index is 700. The lowest BCUT2D eigenvalue weighted by molar-refractivity contribution is -0.119. The monoisotopic (exact) mass is 372 g/mol. The molecule has 3 N–H and O–H groups in total. The summed E-state index contributed by atoms with van der Waals surface area (Å²) < 4.78 is 10.8. The highest BCUT2D eigenvalue weighted by atomic mass is 16.5. The molecule has 1 amide bonds. The minimum atomic E-state index is -0.124. The van der Waals surface area contributed by atoms with E-state index in [-0.39, 0.29) is 24.0 Å². The van der Waals surface area contributed by atoms with Crippen LogP contribution in [-0.4, -0.2) is 57.0 Å². The molecule has 1 aromatic rings. The summed E-state index contributed by atoms with van der Waals surface area (Å²) >= 11 is 0. The molecule has 7 heteroatoms. The molecule has 2 saturated heterocycles. The zero-order chi connectivity index (χ0) is 18.8. The van der Waals surface area contributed by atoms with Gasteiger partial charge in [0.2, 0.25) is 5.91 Å². The van der Waals surface area contributed by atoms with Crippen LogP contribution in [0.25, 0.3) is 0 Å². The molecule has 0 bridgehead atoms. The van der Waals surface area contributed by atoms with Crippen molar-refractivity contribution in [3.05, 3.63) is 41.6 Å². The van der Waals surface area contributed by atoms with Gasteiger partial charge in [-0.2, -0.15) is 0 Å². The van der Waals surface area contributed by atoms with Crippen molar-refractivity contribution in [3.8, 4) is 5.75 Å². The molecule has 7 nitrogen and oxygen atoms in total. The Morgan fingerprint density at radius 3 is 2.56 bits per heavy atom. The Kier molecular flexibility index (Phi) is 5.33. The first-order chi connectivity index (χ1) is 13.2. The third kappa shape index (κ3) is 3.54. The molecule has 3 atom stereocenters. The molecule has 0 aliphatic carbocycles. The molecule has 3 unspecified atom stereocenters. The summed E-state index contributed by atoms with van der Waals surface area (Å²) in [5, 5.41) is 8.74. The van der Waals surface area contributed by atoms with Gasteiger partial charge in [0.1, 0.15) is 11.9 Å². The van der Waals surface area contributed by atoms with Crippen molar-refractivity contribution in [1.29, 1.82) is 0 Å². The number of allylic oxidation sites excluding steroid dienone is 1. The smallest absolute Gasteiger partial charge is 0.247 e. The molecule has 0 radical (unpaired) electrons. The number of carbonyl (C=O) groups is 1. The molecule has 3 heterocycles. The van der Waals surface area contributed by atoms with Gasteiger partial charge in [-0.15, -0.1) is 0 Å². The number of rotatable bonds is 5. The van der Waals surface area contributed by atoms with E-state index in [0.717, 1.165) is 42.9 Å². The van der Waals surface area contributed by atoms with Gasteiger partial charge in [0.25, 0.3) is 0 Å². The summed E-state index contributed by atoms with van der Waals surface area (Å²) in [6, 6.07) is 8.17. The number of nitrogens with one attached hydrogen (secondary N) is 3. The van der Waals surface area contributed by atoms with Crippen LogP contribution in [-0.2, 0) is 9.53 Å². The second kappa shape index (κ2) is 7.88. The predicted molar refractivity (Wildman–Crippen MR) is 102 cm³/mol. The van der Waals surface area contributed by atoms with E-state index >= 15 is 0 Å². The molecular formula is C20H28N4O3. The van der Waals surface area contributed by atoms with E-state index < -0.39 is 0 Å². The molecule has 2 fully saturated rings. The highest BCUT2D eigenvalue weighted by Crippen LogP contribution is 2.38. The van der Waals surface area contributed by atoms with E-state index in [9.17, 15) is 4.79 Å². The standard InChI is InChI=1S/C20H28N4O3/c1-26-12-16-19(14-3-5-15(27-2)6-4-14)20-22-18(25)11-17(24(20)23-16)13-7-9-21-10-8-13/h3-6,11,13,16,19-21,23H,7-10,12H2,1-2H3,(H,22,25). The number of hydrogen-bond acceptors (Lipinski definition) is 6. The fourth-order valence-corrected chi connectivity index (χ4v) is 4.49. The van der Waals surface area contributed by atoms with Crippen LogP contribution in [0.1, 0.15) is 24.3 Å². The highest BCUT2D eigenvalue weighted by molar-refractivity contribution is 5.89. The van der Waals surface area contributed by atoms with Gasteiger partial charge in [-0.1, -0.05) is 12.1 Å². The molecule has 27 heavy (non-hydrogen) atoms. The van der Waals surface area contributed by atoms with Gasteiger partial charge in [-0.3, -0.25) is 9.80 Å². The van der Waals surface area contributed by atoms with Crippen molar-refractivity contribution in [2.75, 3.05) is 33.9 Å². The van der Waals surface area contributed by atoms with Gasteiger partial charge in [-0.25, -0.2) is 5.43 Å². The Labute approximate surface area is 160 Å². The number of amides is 1. The second-order valence-corrected chi connectivity index (χ2v) is 7.41. The van der Waals surface area contributed by atoms with Gasteiger partial charge in [-0.05, 0) is 43.6 Å². The zero-order valence-electron chi connectivity index (χ0n) is 15.9. The molecule has 1 aromatic carbocycles. The van der Waals surface area contributed by atoms with E-state index in [1.165, 1.54) is 0 Å². The summed E-state index contributed by atoms with van der Waals surface area (Å²) in [4.78, 5) is 12.5. The van der Waals surface area contributed by atoms with Crippen molar-refractivity contribution >= 4 is 5.91 Å². The fourth-order valence-electron chi connectivity index (χ4n) is 4.49. The number of nitrogens with zero attached hydrogens (tertiary/aromatic N) is 1. The van der Waals surface area contributed by atoms with Crippen LogP contribution in [0.5, 0.6) is 5.75 Å². The number of hydrogen-bond donors (Lipinski definition) is 3. The Morgan fingerprint density at radius 1 is 1.15 bits per heavy atom. The molecule has 0 spiro atoms. The van der Waals surface area contributed by atoms with Gasteiger partial charge >= 0.3 is 0 Å². The quantitative estimate of drug-likeness (QED) is 0.715. The SMILES string of the molecule is COCC1NN2C(C3CCNCC3)=CC(=O)NC2C1c1ccc(OC)cc1. The van der Waals surface area contributed by atoms with Gasteiger partial charge in [0.05, 0.1) is 19.8 Å². The predicted octanol–water partition coefficient (Wildman–Crippen LogP) is 0.953. The van der Waals surface area contributed by atoms with Crippen molar-refractivity contribution in [1.82, 2.24) is 21.1 Å². The summed E-state index contributed by atoms with van der Waals surface area (Å²) in [6.07, 6.45) is 3.74. The number of piperidine rings is 1. The van der Waals surface area contributed by atoms with Crippen LogP contribution >= 0.6 is 0 Å². The second-order valence-electron chi connectivity index (χ2n) is 7.41. The highest BCUT2D eigenvalue weighted by Gasteiger charge is 2.47. The fraction of sp³-hybridized carbons (Fsp3) is 0.550. The van der Waals surface area contributed by atoms with E-state index in [2.05, 4.69) is 33.2 Å². The molecule has 0 aromatic heterocycles. The van der Waals surface area contributed by atoms with E-state index in [4.69, 9.17) is 9.47 Å². The van der Waals surface area contributed by atoms with Crippen LogP contribution in [0.3, 0.4) is 0 Å². The van der Waals surface area contributed by atoms with Crippen LogP contribution in [0.4, 0.5) is 0 Å². The summed E-state index contributed by atoms with van der Waals surface area (Å²) in [5.41, 5.74) is 5.87. The van der Waals surface area contributed by atoms with Crippen LogP contribution in [0.2, 0.25) is 0 Å². The molecule has 3 aliphatic rings. The first-order valence-electron chi connectivity index (χ1n) is 9.62. The largest absolute Gasteiger partial charge is 0.497 e. The van der Waals surface area contributed by atoms with Crippen molar-refractivity contribution in [2.24, 2.45) is 5.92 Å². The number of fused-ring (bicyclic) bond motifs is 1. The van der Waals surface area contributed by atoms with Gasteiger partial charge in [0.15, 0.2) is 0 Å². The van der Waals surface area contributed by atoms with Gasteiger partial charge in [0, 0.05) is 30.7 Å². The number of carbonyl (C=O) groups excluding carboxylic acids is 1. The number of ether oxygens (including phenoxy) is 2. The molecule has 146 valence electrons. The minimum absolute atomic E-state index is 0.0110. The minimum Gasteiger partial charge on any atom is -0.497 e. The first-order valence-corrected chi connectivity index (χ1v) is 9.62. The van der Waals surface area contributed by atoms with E-state index in [0.29, 0.717) is 12.5 Å². The van der Waals surface area contributed by atoms with Crippen molar-refractivity contribution in [2.45, 2.75) is 31.0 Å². The lowest BCUT2D eigenvalue weighted by Gasteiger charge is -2.39. The van der Waals surface area contributed by atoms with E-state index in [1.807, 2.05) is 12.1 Å². The van der Waals surface area contributed by atoms with Crippen molar-refractivity contribution in [3.63, 3.8) is 0 Å². The third-order valence-electron chi connectivity index (χ3n) is 5.81. The number of hydrazine groups is 1. The average Bonchev–Trinajstić information content (AvgIpc) is 3.06. The maximum Gasteiger partial charge on any atom is 0.247 e. The molecule has 4 rings (SSSR count). The Balaban J connectivity index is 1.65. The van der Waals surface area contributed by atoms with Crippen molar-refractivity contribution < 1.29 is 14.3 Å². The summed E-state index contributed by atoms with van der Waals surface area (Å²) in [7, 11) is 3.38. The number of methoxy groups -OCH3 is 2. The summed E-state index contributed by atoms with van der Waals surface area (Å²) in [5.74, 6) is 1.30. The summed E-state index contributed by atoms with van der Waals surface area (Å²) in [6.45, 7) is 2.55. The molecular weight excluding hydrogens is 344 g/mol. The Hall–Kier alpha value is -2.09. The number of benzene rings is 1. The maximum absolute atomic E-state index is 12.5. The van der Waals surface area contributed by atoms with Crippen LogP contribution < -0.4 is 20.8 Å². The van der Waals surface area contributed by atoms with Crippen LogP contribution in [0, 0.1) is 5.92 Å². The maximum atomic E-state index is 12.5. The zero-order valence-corrected chi connectivity index (χ0v) is 15.9. The first kappa shape index (κ1) is 18.3. The van der Waals surface area contributed by atoms with Gasteiger partial charge < -0.3 is 20.1 Å². The van der Waals surface area contributed by atoms with Crippen LogP contribution in [0.15, 0.2) is 36.0 Å². The molecule has 3 aliphatic heterocycles. The van der Waals surface area contributed by atoms with E-state index in [1.54, 1.807) is 20.3 Å². The normalized spacial score (nSPS) is 28.5.